The third-order valence-corrected chi connectivity index (χ3v) is 6.44. The van der Waals surface area contributed by atoms with E-state index < -0.39 is 27.7 Å². The van der Waals surface area contributed by atoms with E-state index in [2.05, 4.69) is 10.9 Å². The van der Waals surface area contributed by atoms with Crippen LogP contribution in [0.3, 0.4) is 0 Å². The molecular formula is C19H20FN3O5S. The minimum Gasteiger partial charge on any atom is -0.495 e. The maximum atomic E-state index is 13.6. The molecule has 2 amide bonds. The van der Waals surface area contributed by atoms with Crippen molar-refractivity contribution in [1.29, 1.82) is 0 Å². The number of sulfonamides is 1. The number of benzene rings is 2. The van der Waals surface area contributed by atoms with Crippen LogP contribution in [0.2, 0.25) is 0 Å². The monoisotopic (exact) mass is 421 g/mol. The van der Waals surface area contributed by atoms with Crippen molar-refractivity contribution in [2.24, 2.45) is 0 Å². The highest BCUT2D eigenvalue weighted by molar-refractivity contribution is 7.89. The van der Waals surface area contributed by atoms with Crippen molar-refractivity contribution >= 4 is 21.8 Å². The molecule has 0 aliphatic carbocycles. The SMILES string of the molecule is COc1ccc(C(=O)NNC(=O)c2ccccc2F)cc1S(=O)(=O)N1CCCC1. The van der Waals surface area contributed by atoms with Gasteiger partial charge >= 0.3 is 0 Å². The minimum atomic E-state index is -3.83. The van der Waals surface area contributed by atoms with E-state index in [9.17, 15) is 22.4 Å². The molecule has 29 heavy (non-hydrogen) atoms. The van der Waals surface area contributed by atoms with Gasteiger partial charge in [-0.15, -0.1) is 0 Å². The summed E-state index contributed by atoms with van der Waals surface area (Å²) in [5, 5.41) is 0. The number of hydrogen-bond donors (Lipinski definition) is 2. The summed E-state index contributed by atoms with van der Waals surface area (Å²) in [6, 6.07) is 9.24. The molecule has 0 bridgehead atoms. The Morgan fingerprint density at radius 2 is 1.69 bits per heavy atom. The molecule has 0 spiro atoms. The summed E-state index contributed by atoms with van der Waals surface area (Å²) in [7, 11) is -2.49. The first-order chi connectivity index (χ1) is 13.8. The van der Waals surface area contributed by atoms with E-state index in [4.69, 9.17) is 4.74 Å². The van der Waals surface area contributed by atoms with Crippen LogP contribution in [0.25, 0.3) is 0 Å². The van der Waals surface area contributed by atoms with Gasteiger partial charge in [0, 0.05) is 18.7 Å². The number of nitrogens with zero attached hydrogens (tertiary/aromatic N) is 1. The van der Waals surface area contributed by atoms with Crippen LogP contribution >= 0.6 is 0 Å². The maximum absolute atomic E-state index is 13.6. The standard InChI is InChI=1S/C19H20FN3O5S/c1-28-16-9-8-13(12-17(16)29(26,27)23-10-4-5-11-23)18(24)21-22-19(25)14-6-2-3-7-15(14)20/h2-3,6-9,12H,4-5,10-11H2,1H3,(H,21,24)(H,22,25). The van der Waals surface area contributed by atoms with Gasteiger partial charge in [-0.2, -0.15) is 4.31 Å². The third kappa shape index (κ3) is 4.38. The number of ether oxygens (including phenoxy) is 1. The Bertz CT molecular complexity index is 1040. The van der Waals surface area contributed by atoms with Gasteiger partial charge < -0.3 is 4.74 Å². The largest absolute Gasteiger partial charge is 0.495 e. The summed E-state index contributed by atoms with van der Waals surface area (Å²) >= 11 is 0. The lowest BCUT2D eigenvalue weighted by molar-refractivity contribution is 0.0844. The molecule has 2 N–H and O–H groups in total. The van der Waals surface area contributed by atoms with Crippen molar-refractivity contribution in [3.8, 4) is 5.75 Å². The Labute approximate surface area is 167 Å². The fourth-order valence-electron chi connectivity index (χ4n) is 2.99. The van der Waals surface area contributed by atoms with Crippen LogP contribution in [0.15, 0.2) is 47.4 Å². The summed E-state index contributed by atoms with van der Waals surface area (Å²) in [6.45, 7) is 0.807. The predicted molar refractivity (Wildman–Crippen MR) is 102 cm³/mol. The second kappa shape index (κ2) is 8.58. The maximum Gasteiger partial charge on any atom is 0.272 e. The Morgan fingerprint density at radius 3 is 2.34 bits per heavy atom. The molecule has 3 rings (SSSR count). The van der Waals surface area contributed by atoms with Gasteiger partial charge in [0.05, 0.1) is 12.7 Å². The van der Waals surface area contributed by atoms with Crippen molar-refractivity contribution in [1.82, 2.24) is 15.2 Å². The van der Waals surface area contributed by atoms with Gasteiger partial charge in [0.15, 0.2) is 0 Å². The zero-order chi connectivity index (χ0) is 21.0. The molecule has 154 valence electrons. The highest BCUT2D eigenvalue weighted by Gasteiger charge is 2.30. The highest BCUT2D eigenvalue weighted by atomic mass is 32.2. The van der Waals surface area contributed by atoms with Crippen LogP contribution in [0.5, 0.6) is 5.75 Å². The molecule has 2 aromatic carbocycles. The average Bonchev–Trinajstić information content (AvgIpc) is 3.27. The van der Waals surface area contributed by atoms with E-state index in [0.29, 0.717) is 13.1 Å². The first-order valence-corrected chi connectivity index (χ1v) is 10.3. The molecular weight excluding hydrogens is 401 g/mol. The zero-order valence-corrected chi connectivity index (χ0v) is 16.5. The number of hydrogen-bond acceptors (Lipinski definition) is 5. The number of halogens is 1. The Hall–Kier alpha value is -2.98. The van der Waals surface area contributed by atoms with Crippen molar-refractivity contribution < 1.29 is 27.1 Å². The van der Waals surface area contributed by atoms with E-state index in [1.807, 2.05) is 0 Å². The summed E-state index contributed by atoms with van der Waals surface area (Å²) in [5.41, 5.74) is 4.03. The second-order valence-electron chi connectivity index (χ2n) is 6.36. The van der Waals surface area contributed by atoms with Gasteiger partial charge in [0.25, 0.3) is 11.8 Å². The van der Waals surface area contributed by atoms with Crippen LogP contribution < -0.4 is 15.6 Å². The molecule has 1 heterocycles. The zero-order valence-electron chi connectivity index (χ0n) is 15.6. The Kier molecular flexibility index (Phi) is 6.14. The van der Waals surface area contributed by atoms with Gasteiger partial charge in [0.2, 0.25) is 10.0 Å². The number of carbonyl (C=O) groups excluding carboxylic acids is 2. The number of amides is 2. The molecule has 0 aromatic heterocycles. The molecule has 0 saturated carbocycles. The van der Waals surface area contributed by atoms with E-state index in [1.165, 1.54) is 47.8 Å². The quantitative estimate of drug-likeness (QED) is 0.715. The van der Waals surface area contributed by atoms with Crippen molar-refractivity contribution in [3.05, 3.63) is 59.4 Å². The molecule has 0 radical (unpaired) electrons. The summed E-state index contributed by atoms with van der Waals surface area (Å²) in [5.74, 6) is -2.21. The van der Waals surface area contributed by atoms with Crippen molar-refractivity contribution in [2.75, 3.05) is 20.2 Å². The fourth-order valence-corrected chi connectivity index (χ4v) is 4.68. The first kappa shape index (κ1) is 20.7. The smallest absolute Gasteiger partial charge is 0.272 e. The van der Waals surface area contributed by atoms with Gasteiger partial charge in [-0.3, -0.25) is 20.4 Å². The van der Waals surface area contributed by atoms with Crippen LogP contribution in [0, 0.1) is 5.82 Å². The second-order valence-corrected chi connectivity index (χ2v) is 8.27. The summed E-state index contributed by atoms with van der Waals surface area (Å²) in [6.07, 6.45) is 1.54. The third-order valence-electron chi connectivity index (χ3n) is 4.52. The summed E-state index contributed by atoms with van der Waals surface area (Å²) in [4.78, 5) is 24.3. The lowest BCUT2D eigenvalue weighted by Crippen LogP contribution is -2.42. The molecule has 2 aromatic rings. The average molecular weight is 421 g/mol. The number of hydrazine groups is 1. The topological polar surface area (TPSA) is 105 Å². The van der Waals surface area contributed by atoms with E-state index in [0.717, 1.165) is 18.9 Å². The van der Waals surface area contributed by atoms with Crippen molar-refractivity contribution in [3.63, 3.8) is 0 Å². The number of rotatable bonds is 5. The van der Waals surface area contributed by atoms with Gasteiger partial charge in [0.1, 0.15) is 16.5 Å². The van der Waals surface area contributed by atoms with E-state index in [-0.39, 0.29) is 21.8 Å². The highest BCUT2D eigenvalue weighted by Crippen LogP contribution is 2.29. The molecule has 1 fully saturated rings. The van der Waals surface area contributed by atoms with Gasteiger partial charge in [-0.05, 0) is 43.2 Å². The van der Waals surface area contributed by atoms with Crippen LogP contribution in [0.1, 0.15) is 33.6 Å². The molecule has 8 nitrogen and oxygen atoms in total. The van der Waals surface area contributed by atoms with Crippen LogP contribution in [-0.2, 0) is 10.0 Å². The normalized spacial score (nSPS) is 14.4. The molecule has 1 aliphatic rings. The molecule has 1 saturated heterocycles. The number of methoxy groups -OCH3 is 1. The lowest BCUT2D eigenvalue weighted by atomic mass is 10.2. The fraction of sp³-hybridized carbons (Fsp3) is 0.263. The van der Waals surface area contributed by atoms with E-state index >= 15 is 0 Å². The van der Waals surface area contributed by atoms with E-state index in [1.54, 1.807) is 0 Å². The predicted octanol–water partition coefficient (Wildman–Crippen LogP) is 1.69. The molecule has 10 heteroatoms. The molecule has 0 atom stereocenters. The lowest BCUT2D eigenvalue weighted by Gasteiger charge is -2.18. The Morgan fingerprint density at radius 1 is 1.03 bits per heavy atom. The minimum absolute atomic E-state index is 0.00240. The summed E-state index contributed by atoms with van der Waals surface area (Å²) < 4.78 is 45.9. The molecule has 1 aliphatic heterocycles. The number of carbonyl (C=O) groups is 2. The number of nitrogens with one attached hydrogen (secondary N) is 2. The molecule has 0 unspecified atom stereocenters. The van der Waals surface area contributed by atoms with Crippen LogP contribution in [0.4, 0.5) is 4.39 Å². The van der Waals surface area contributed by atoms with Gasteiger partial charge in [-0.25, -0.2) is 12.8 Å². The van der Waals surface area contributed by atoms with Crippen LogP contribution in [-0.4, -0.2) is 44.7 Å². The van der Waals surface area contributed by atoms with Gasteiger partial charge in [-0.1, -0.05) is 12.1 Å². The Balaban J connectivity index is 1.79. The van der Waals surface area contributed by atoms with Crippen molar-refractivity contribution in [2.45, 2.75) is 17.7 Å². The first-order valence-electron chi connectivity index (χ1n) is 8.88.